The third-order valence-electron chi connectivity index (χ3n) is 3.32. The fraction of sp³-hybridized carbons (Fsp3) is 0. The van der Waals surface area contributed by atoms with E-state index in [4.69, 9.17) is 11.6 Å². The number of phenols is 1. The first-order chi connectivity index (χ1) is 11.4. The van der Waals surface area contributed by atoms with Gasteiger partial charge in [-0.1, -0.05) is 17.7 Å². The first-order valence-corrected chi connectivity index (χ1v) is 9.21. The molecule has 8 heteroatoms. The van der Waals surface area contributed by atoms with Crippen LogP contribution < -0.4 is 10.4 Å². The molecule has 2 aromatic carbocycles. The van der Waals surface area contributed by atoms with E-state index in [0.29, 0.717) is 19.8 Å². The molecule has 0 bridgehead atoms. The summed E-state index contributed by atoms with van der Waals surface area (Å²) in [6.07, 6.45) is 1.39. The Balaban J connectivity index is 2.01. The number of hydrazine groups is 1. The Kier molecular flexibility index (Phi) is 5.02. The highest BCUT2D eigenvalue weighted by molar-refractivity contribution is 14.1. The Morgan fingerprint density at radius 2 is 1.92 bits per heavy atom. The summed E-state index contributed by atoms with van der Waals surface area (Å²) in [5, 5.41) is 11.7. The van der Waals surface area contributed by atoms with Crippen LogP contribution in [-0.4, -0.2) is 16.9 Å². The summed E-state index contributed by atoms with van der Waals surface area (Å²) in [5.74, 6) is -1.01. The lowest BCUT2D eigenvalue weighted by atomic mass is 10.1. The van der Waals surface area contributed by atoms with Gasteiger partial charge in [-0.15, -0.1) is 0 Å². The Hall–Kier alpha value is -1.33. The zero-order valence-corrected chi connectivity index (χ0v) is 17.0. The van der Waals surface area contributed by atoms with Crippen molar-refractivity contribution in [2.45, 2.75) is 0 Å². The molecule has 0 aliphatic carbocycles. The van der Waals surface area contributed by atoms with Crippen LogP contribution in [0.3, 0.4) is 0 Å². The molecule has 1 heterocycles. The van der Waals surface area contributed by atoms with Crippen LogP contribution in [0.25, 0.3) is 6.08 Å². The molecule has 2 amide bonds. The standard InChI is InChI=1S/C16H9ClI2N2O3/c17-9-2-1-3-11(6-9)21-16(24)12(15(23)20-21)5-8-4-10(18)7-13(19)14(8)22/h1-7,22H,(H,20,23). The molecule has 1 aliphatic heterocycles. The van der Waals surface area contributed by atoms with Crippen LogP contribution in [0.2, 0.25) is 5.02 Å². The molecular weight excluding hydrogens is 557 g/mol. The summed E-state index contributed by atoms with van der Waals surface area (Å²) in [5.41, 5.74) is 3.32. The van der Waals surface area contributed by atoms with Gasteiger partial charge >= 0.3 is 0 Å². The number of halogens is 3. The van der Waals surface area contributed by atoms with Crippen molar-refractivity contribution in [1.29, 1.82) is 0 Å². The minimum Gasteiger partial charge on any atom is -0.506 e. The molecule has 1 aliphatic rings. The summed E-state index contributed by atoms with van der Waals surface area (Å²) in [6.45, 7) is 0. The average molecular weight is 567 g/mol. The SMILES string of the molecule is O=C1NN(c2cccc(Cl)c2)C(=O)C1=Cc1cc(I)cc(I)c1O. The van der Waals surface area contributed by atoms with Crippen molar-refractivity contribution in [2.24, 2.45) is 0 Å². The topological polar surface area (TPSA) is 69.6 Å². The van der Waals surface area contributed by atoms with Crippen molar-refractivity contribution < 1.29 is 14.7 Å². The lowest BCUT2D eigenvalue weighted by Gasteiger charge is -2.14. The van der Waals surface area contributed by atoms with Gasteiger partial charge in [-0.2, -0.15) is 0 Å². The maximum absolute atomic E-state index is 12.6. The van der Waals surface area contributed by atoms with Gasteiger partial charge in [0.15, 0.2) is 0 Å². The second kappa shape index (κ2) is 6.89. The van der Waals surface area contributed by atoms with E-state index in [9.17, 15) is 14.7 Å². The number of hydrogen-bond acceptors (Lipinski definition) is 3. The van der Waals surface area contributed by atoms with E-state index in [1.807, 2.05) is 22.6 Å². The Labute approximate surface area is 169 Å². The summed E-state index contributed by atoms with van der Waals surface area (Å²) >= 11 is 10.0. The van der Waals surface area contributed by atoms with Crippen LogP contribution in [0.5, 0.6) is 5.75 Å². The van der Waals surface area contributed by atoms with Crippen molar-refractivity contribution in [3.05, 3.63) is 59.7 Å². The average Bonchev–Trinajstić information content (AvgIpc) is 2.80. The third kappa shape index (κ3) is 3.38. The number of amides is 2. The van der Waals surface area contributed by atoms with Gasteiger partial charge in [-0.3, -0.25) is 15.0 Å². The van der Waals surface area contributed by atoms with Crippen molar-refractivity contribution in [1.82, 2.24) is 5.43 Å². The summed E-state index contributed by atoms with van der Waals surface area (Å²) in [4.78, 5) is 24.7. The molecule has 1 saturated heterocycles. The normalized spacial score (nSPS) is 16.0. The van der Waals surface area contributed by atoms with E-state index in [-0.39, 0.29) is 11.3 Å². The van der Waals surface area contributed by atoms with Gasteiger partial charge in [0.1, 0.15) is 11.3 Å². The zero-order chi connectivity index (χ0) is 17.4. The number of hydrogen-bond donors (Lipinski definition) is 2. The quantitative estimate of drug-likeness (QED) is 0.331. The number of nitrogens with zero attached hydrogens (tertiary/aromatic N) is 1. The maximum Gasteiger partial charge on any atom is 0.282 e. The molecule has 122 valence electrons. The van der Waals surface area contributed by atoms with Gasteiger partial charge in [0.25, 0.3) is 11.8 Å². The molecule has 3 rings (SSSR count). The lowest BCUT2D eigenvalue weighted by Crippen LogP contribution is -2.35. The number of rotatable bonds is 2. The van der Waals surface area contributed by atoms with Gasteiger partial charge < -0.3 is 5.11 Å². The molecule has 2 N–H and O–H groups in total. The van der Waals surface area contributed by atoms with E-state index in [2.05, 4.69) is 28.0 Å². The molecular formula is C16H9ClI2N2O3. The molecule has 0 atom stereocenters. The van der Waals surface area contributed by atoms with Gasteiger partial charge in [-0.05, 0) is 81.6 Å². The molecule has 5 nitrogen and oxygen atoms in total. The highest BCUT2D eigenvalue weighted by atomic mass is 127. The van der Waals surface area contributed by atoms with E-state index in [0.717, 1.165) is 8.58 Å². The largest absolute Gasteiger partial charge is 0.506 e. The van der Waals surface area contributed by atoms with Crippen molar-refractivity contribution in [2.75, 3.05) is 5.01 Å². The third-order valence-corrected chi connectivity index (χ3v) is 5.00. The second-order valence-corrected chi connectivity index (χ2v) is 7.79. The number of aromatic hydroxyl groups is 1. The molecule has 0 radical (unpaired) electrons. The monoisotopic (exact) mass is 566 g/mol. The van der Waals surface area contributed by atoms with Crippen molar-refractivity contribution in [3.63, 3.8) is 0 Å². The Morgan fingerprint density at radius 3 is 2.62 bits per heavy atom. The highest BCUT2D eigenvalue weighted by Gasteiger charge is 2.34. The number of nitrogens with one attached hydrogen (secondary N) is 1. The van der Waals surface area contributed by atoms with Gasteiger partial charge in [0.2, 0.25) is 0 Å². The minimum atomic E-state index is -0.534. The predicted octanol–water partition coefficient (Wildman–Crippen LogP) is 3.72. The summed E-state index contributed by atoms with van der Waals surface area (Å²) < 4.78 is 1.53. The zero-order valence-electron chi connectivity index (χ0n) is 11.9. The van der Waals surface area contributed by atoms with Crippen LogP contribution in [0.15, 0.2) is 42.0 Å². The fourth-order valence-corrected chi connectivity index (χ4v) is 4.28. The van der Waals surface area contributed by atoms with Crippen LogP contribution in [0.4, 0.5) is 5.69 Å². The molecule has 24 heavy (non-hydrogen) atoms. The van der Waals surface area contributed by atoms with Crippen LogP contribution in [0, 0.1) is 7.14 Å². The van der Waals surface area contributed by atoms with Gasteiger partial charge in [0.05, 0.1) is 9.26 Å². The summed E-state index contributed by atoms with van der Waals surface area (Å²) in [7, 11) is 0. The summed E-state index contributed by atoms with van der Waals surface area (Å²) in [6, 6.07) is 10.1. The second-order valence-electron chi connectivity index (χ2n) is 4.94. The number of benzene rings is 2. The van der Waals surface area contributed by atoms with E-state index >= 15 is 0 Å². The van der Waals surface area contributed by atoms with E-state index in [1.165, 1.54) is 6.08 Å². The Morgan fingerprint density at radius 1 is 1.17 bits per heavy atom. The van der Waals surface area contributed by atoms with Crippen molar-refractivity contribution >= 4 is 80.4 Å². The van der Waals surface area contributed by atoms with Crippen LogP contribution in [-0.2, 0) is 9.59 Å². The van der Waals surface area contributed by atoms with Crippen molar-refractivity contribution in [3.8, 4) is 5.75 Å². The molecule has 2 aromatic rings. The number of anilines is 1. The number of phenolic OH excluding ortho intramolecular Hbond substituents is 1. The minimum absolute atomic E-state index is 0.0327. The molecule has 0 saturated carbocycles. The Bertz CT molecular complexity index is 899. The smallest absolute Gasteiger partial charge is 0.282 e. The molecule has 0 aromatic heterocycles. The van der Waals surface area contributed by atoms with Gasteiger partial charge in [-0.25, -0.2) is 5.01 Å². The number of carbonyl (C=O) groups is 2. The number of carbonyl (C=O) groups excluding carboxylic acids is 2. The van der Waals surface area contributed by atoms with E-state index < -0.39 is 11.8 Å². The van der Waals surface area contributed by atoms with Crippen LogP contribution in [0.1, 0.15) is 5.56 Å². The highest BCUT2D eigenvalue weighted by Crippen LogP contribution is 2.30. The predicted molar refractivity (Wildman–Crippen MR) is 109 cm³/mol. The first-order valence-electron chi connectivity index (χ1n) is 6.67. The lowest BCUT2D eigenvalue weighted by molar-refractivity contribution is -0.117. The maximum atomic E-state index is 12.6. The fourth-order valence-electron chi connectivity index (χ4n) is 2.21. The van der Waals surface area contributed by atoms with E-state index in [1.54, 1.807) is 36.4 Å². The van der Waals surface area contributed by atoms with Gasteiger partial charge in [0, 0.05) is 14.2 Å². The molecule has 0 spiro atoms. The first kappa shape index (κ1) is 17.5. The van der Waals surface area contributed by atoms with Crippen LogP contribution >= 0.6 is 56.8 Å². The molecule has 1 fully saturated rings. The molecule has 0 unspecified atom stereocenters.